The first-order valence-electron chi connectivity index (χ1n) is 7.83. The van der Waals surface area contributed by atoms with Crippen molar-refractivity contribution >= 4 is 39.6 Å². The van der Waals surface area contributed by atoms with Gasteiger partial charge < -0.3 is 10.6 Å². The molecule has 0 bridgehead atoms. The number of nitrogens with zero attached hydrogens (tertiary/aromatic N) is 1. The molecule has 0 atom stereocenters. The minimum absolute atomic E-state index is 0.0213. The first-order chi connectivity index (χ1) is 10.7. The largest absolute Gasteiger partial charge is 0.323 e. The summed E-state index contributed by atoms with van der Waals surface area (Å²) in [6.45, 7) is 0. The van der Waals surface area contributed by atoms with Crippen LogP contribution in [0.3, 0.4) is 0 Å². The van der Waals surface area contributed by atoms with E-state index in [9.17, 15) is 10.1 Å². The lowest BCUT2D eigenvalue weighted by Gasteiger charge is -2.11. The highest BCUT2D eigenvalue weighted by atomic mass is 32.1. The summed E-state index contributed by atoms with van der Waals surface area (Å²) in [5, 5.41) is 16.2. The van der Waals surface area contributed by atoms with Gasteiger partial charge in [-0.1, -0.05) is 12.8 Å². The highest BCUT2D eigenvalue weighted by Gasteiger charge is 2.23. The second kappa shape index (κ2) is 6.76. The van der Waals surface area contributed by atoms with Crippen molar-refractivity contribution in [1.82, 2.24) is 5.32 Å². The van der Waals surface area contributed by atoms with Crippen LogP contribution in [0, 0.1) is 17.2 Å². The topological polar surface area (TPSA) is 64.9 Å². The average molecular weight is 333 g/mol. The molecule has 2 aliphatic carbocycles. The van der Waals surface area contributed by atoms with E-state index < -0.39 is 0 Å². The van der Waals surface area contributed by atoms with Gasteiger partial charge in [-0.25, -0.2) is 0 Å². The number of carbonyl (C=O) groups is 1. The number of nitriles is 1. The van der Waals surface area contributed by atoms with Crippen LogP contribution in [0.5, 0.6) is 0 Å². The quantitative estimate of drug-likeness (QED) is 0.831. The Bertz CT molecular complexity index is 639. The van der Waals surface area contributed by atoms with Crippen LogP contribution in [0.1, 0.15) is 54.5 Å². The third-order valence-electron chi connectivity index (χ3n) is 4.46. The zero-order valence-electron chi connectivity index (χ0n) is 12.4. The van der Waals surface area contributed by atoms with Crippen LogP contribution in [0.2, 0.25) is 0 Å². The Labute approximate surface area is 139 Å². The number of fused-ring (bicyclic) bond motifs is 1. The molecule has 22 heavy (non-hydrogen) atoms. The molecule has 6 heteroatoms. The van der Waals surface area contributed by atoms with Crippen LogP contribution in [-0.2, 0) is 17.6 Å². The Morgan fingerprint density at radius 1 is 1.32 bits per heavy atom. The Balaban J connectivity index is 1.58. The number of carbonyl (C=O) groups excluding carboxylic acids is 1. The number of amides is 1. The van der Waals surface area contributed by atoms with Gasteiger partial charge in [-0.2, -0.15) is 5.26 Å². The van der Waals surface area contributed by atoms with Gasteiger partial charge in [0.15, 0.2) is 5.11 Å². The normalized spacial score (nSPS) is 17.0. The molecule has 116 valence electrons. The van der Waals surface area contributed by atoms with E-state index in [1.807, 2.05) is 0 Å². The fraction of sp³-hybridized carbons (Fsp3) is 0.562. The molecule has 4 nitrogen and oxygen atoms in total. The number of aryl methyl sites for hydroxylation is 1. The zero-order valence-corrected chi connectivity index (χ0v) is 14.0. The summed E-state index contributed by atoms with van der Waals surface area (Å²) in [5.74, 6) is 0.481. The van der Waals surface area contributed by atoms with Gasteiger partial charge in [0.2, 0.25) is 5.91 Å². The van der Waals surface area contributed by atoms with Gasteiger partial charge in [-0.15, -0.1) is 11.3 Å². The number of hydrogen-bond donors (Lipinski definition) is 2. The molecule has 0 aromatic carbocycles. The number of thiocarbonyl (C=S) groups is 1. The van der Waals surface area contributed by atoms with Crippen LogP contribution in [0.25, 0.3) is 0 Å². The summed E-state index contributed by atoms with van der Waals surface area (Å²) < 4.78 is 0. The molecule has 0 spiro atoms. The number of anilines is 1. The monoisotopic (exact) mass is 333 g/mol. The van der Waals surface area contributed by atoms with Crippen LogP contribution < -0.4 is 10.6 Å². The van der Waals surface area contributed by atoms with Crippen molar-refractivity contribution in [2.75, 3.05) is 5.32 Å². The fourth-order valence-corrected chi connectivity index (χ4v) is 4.92. The van der Waals surface area contributed by atoms with Crippen LogP contribution in [0.15, 0.2) is 0 Å². The highest BCUT2D eigenvalue weighted by Crippen LogP contribution is 2.38. The van der Waals surface area contributed by atoms with Crippen molar-refractivity contribution in [2.45, 2.75) is 51.4 Å². The van der Waals surface area contributed by atoms with E-state index in [0.717, 1.165) is 42.7 Å². The highest BCUT2D eigenvalue weighted by molar-refractivity contribution is 7.80. The molecule has 1 amide bonds. The maximum absolute atomic E-state index is 12.0. The number of nitrogens with one attached hydrogen (secondary N) is 2. The van der Waals surface area contributed by atoms with Gasteiger partial charge in [-0.05, 0) is 55.8 Å². The van der Waals surface area contributed by atoms with Crippen LogP contribution in [-0.4, -0.2) is 11.0 Å². The molecular formula is C16H19N3OS2. The molecule has 0 unspecified atom stereocenters. The molecule has 1 aromatic heterocycles. The predicted molar refractivity (Wildman–Crippen MR) is 92.0 cm³/mol. The summed E-state index contributed by atoms with van der Waals surface area (Å²) in [6, 6.07) is 2.27. The Morgan fingerprint density at radius 3 is 2.82 bits per heavy atom. The van der Waals surface area contributed by atoms with E-state index >= 15 is 0 Å². The SMILES string of the molecule is N#Cc1c(NC(=S)NC(=O)CC2CCCC2)sc2c1CCC2. The Kier molecular flexibility index (Phi) is 4.74. The van der Waals surface area contributed by atoms with Crippen molar-refractivity contribution in [3.05, 3.63) is 16.0 Å². The third kappa shape index (κ3) is 3.31. The van der Waals surface area contributed by atoms with Crippen molar-refractivity contribution in [3.8, 4) is 6.07 Å². The van der Waals surface area contributed by atoms with Crippen LogP contribution in [0.4, 0.5) is 5.00 Å². The lowest BCUT2D eigenvalue weighted by Crippen LogP contribution is -2.34. The standard InChI is InChI=1S/C16H19N3OS2/c17-9-12-11-6-3-7-13(11)22-15(12)19-16(21)18-14(20)8-10-4-1-2-5-10/h10H,1-8H2,(H2,18,19,20,21). The lowest BCUT2D eigenvalue weighted by molar-refractivity contribution is -0.120. The van der Waals surface area contributed by atoms with Gasteiger partial charge >= 0.3 is 0 Å². The minimum atomic E-state index is -0.0213. The van der Waals surface area contributed by atoms with Gasteiger partial charge in [-0.3, -0.25) is 4.79 Å². The fourth-order valence-electron chi connectivity index (χ4n) is 3.40. The molecular weight excluding hydrogens is 314 g/mol. The van der Waals surface area contributed by atoms with E-state index in [1.54, 1.807) is 11.3 Å². The van der Waals surface area contributed by atoms with E-state index in [1.165, 1.54) is 17.7 Å². The molecule has 1 saturated carbocycles. The molecule has 1 fully saturated rings. The number of rotatable bonds is 3. The molecule has 2 aliphatic rings. The predicted octanol–water partition coefficient (Wildman–Crippen LogP) is 3.50. The van der Waals surface area contributed by atoms with Crippen molar-refractivity contribution in [2.24, 2.45) is 5.92 Å². The molecule has 0 saturated heterocycles. The van der Waals surface area contributed by atoms with Crippen molar-refractivity contribution in [1.29, 1.82) is 5.26 Å². The average Bonchev–Trinajstić information content (AvgIpc) is 3.15. The number of thiophene rings is 1. The molecule has 1 heterocycles. The van der Waals surface area contributed by atoms with Gasteiger partial charge in [0, 0.05) is 11.3 Å². The minimum Gasteiger partial charge on any atom is -0.323 e. The first kappa shape index (κ1) is 15.4. The zero-order chi connectivity index (χ0) is 15.5. The Morgan fingerprint density at radius 2 is 2.09 bits per heavy atom. The van der Waals surface area contributed by atoms with Crippen LogP contribution >= 0.6 is 23.6 Å². The van der Waals surface area contributed by atoms with Gasteiger partial charge in [0.25, 0.3) is 0 Å². The molecule has 1 aromatic rings. The summed E-state index contributed by atoms with van der Waals surface area (Å²) in [4.78, 5) is 13.3. The van der Waals surface area contributed by atoms with E-state index in [2.05, 4.69) is 16.7 Å². The first-order valence-corrected chi connectivity index (χ1v) is 9.05. The summed E-state index contributed by atoms with van der Waals surface area (Å²) >= 11 is 6.81. The van der Waals surface area contributed by atoms with E-state index in [-0.39, 0.29) is 5.91 Å². The molecule has 3 rings (SSSR count). The summed E-state index contributed by atoms with van der Waals surface area (Å²) in [5.41, 5.74) is 1.86. The van der Waals surface area contributed by atoms with Gasteiger partial charge in [0.1, 0.15) is 11.1 Å². The second-order valence-electron chi connectivity index (χ2n) is 6.03. The summed E-state index contributed by atoms with van der Waals surface area (Å²) in [6.07, 6.45) is 8.43. The number of hydrogen-bond acceptors (Lipinski definition) is 4. The lowest BCUT2D eigenvalue weighted by atomic mass is 10.0. The molecule has 0 radical (unpaired) electrons. The van der Waals surface area contributed by atoms with Crippen molar-refractivity contribution in [3.63, 3.8) is 0 Å². The van der Waals surface area contributed by atoms with E-state index in [0.29, 0.717) is 23.0 Å². The third-order valence-corrected chi connectivity index (χ3v) is 5.87. The summed E-state index contributed by atoms with van der Waals surface area (Å²) in [7, 11) is 0. The smallest absolute Gasteiger partial charge is 0.226 e. The van der Waals surface area contributed by atoms with E-state index in [4.69, 9.17) is 12.2 Å². The maximum atomic E-state index is 12.0. The molecule has 2 N–H and O–H groups in total. The second-order valence-corrected chi connectivity index (χ2v) is 7.54. The van der Waals surface area contributed by atoms with Crippen molar-refractivity contribution < 1.29 is 4.79 Å². The Hall–Kier alpha value is -1.45. The maximum Gasteiger partial charge on any atom is 0.226 e. The molecule has 0 aliphatic heterocycles. The van der Waals surface area contributed by atoms with Gasteiger partial charge in [0.05, 0.1) is 5.56 Å².